The molecule has 0 saturated carbocycles. The predicted octanol–water partition coefficient (Wildman–Crippen LogP) is 3.33. The lowest BCUT2D eigenvalue weighted by atomic mass is 10.1. The number of nitrogens with one attached hydrogen (secondary N) is 2. The molecule has 2 aromatic rings. The Morgan fingerprint density at radius 3 is 2.23 bits per heavy atom. The Hall–Kier alpha value is -2.47. The Morgan fingerprint density at radius 1 is 1.06 bits per heavy atom. The highest BCUT2D eigenvalue weighted by Gasteiger charge is 2.27. The van der Waals surface area contributed by atoms with Crippen LogP contribution in [0.5, 0.6) is 0 Å². The molecule has 0 saturated heterocycles. The number of hydrogen-bond acceptors (Lipinski definition) is 5. The van der Waals surface area contributed by atoms with Crippen molar-refractivity contribution in [3.8, 4) is 0 Å². The van der Waals surface area contributed by atoms with E-state index < -0.39 is 34.8 Å². The van der Waals surface area contributed by atoms with Crippen molar-refractivity contribution in [3.05, 3.63) is 59.7 Å². The summed E-state index contributed by atoms with van der Waals surface area (Å²) >= 11 is 0. The van der Waals surface area contributed by atoms with Crippen LogP contribution in [0.4, 0.5) is 18.9 Å². The zero-order valence-electron chi connectivity index (χ0n) is 16.9. The maximum atomic E-state index is 12.3. The Balaban J connectivity index is 1.95. The molecule has 11 heteroatoms. The van der Waals surface area contributed by atoms with E-state index >= 15 is 0 Å². The highest BCUT2D eigenvalue weighted by atomic mass is 32.2. The van der Waals surface area contributed by atoms with Gasteiger partial charge >= 0.3 is 6.18 Å². The molecule has 7 nitrogen and oxygen atoms in total. The van der Waals surface area contributed by atoms with E-state index in [1.807, 2.05) is 0 Å². The van der Waals surface area contributed by atoms with Gasteiger partial charge in [0.1, 0.15) is 6.61 Å². The molecule has 0 heterocycles. The Bertz CT molecular complexity index is 962. The molecule has 1 unspecified atom stereocenters. The number of sulfonamides is 1. The van der Waals surface area contributed by atoms with Gasteiger partial charge in [-0.05, 0) is 48.9 Å². The summed E-state index contributed by atoms with van der Waals surface area (Å²) in [4.78, 5) is 12.4. The van der Waals surface area contributed by atoms with Gasteiger partial charge in [-0.25, -0.2) is 13.1 Å². The average molecular weight is 460 g/mol. The molecule has 2 aromatic carbocycles. The van der Waals surface area contributed by atoms with Crippen LogP contribution in [0.1, 0.15) is 22.8 Å². The van der Waals surface area contributed by atoms with E-state index in [-0.39, 0.29) is 23.7 Å². The second-order valence-electron chi connectivity index (χ2n) is 6.76. The minimum absolute atomic E-state index is 0.0386. The molecule has 0 bridgehead atoms. The molecular weight excluding hydrogens is 437 g/mol. The van der Waals surface area contributed by atoms with Gasteiger partial charge in [0.2, 0.25) is 10.0 Å². The number of amides is 1. The lowest BCUT2D eigenvalue weighted by molar-refractivity contribution is -0.176. The van der Waals surface area contributed by atoms with Gasteiger partial charge < -0.3 is 14.8 Å². The van der Waals surface area contributed by atoms with E-state index in [4.69, 9.17) is 4.74 Å². The van der Waals surface area contributed by atoms with Crippen LogP contribution in [0, 0.1) is 0 Å². The van der Waals surface area contributed by atoms with Gasteiger partial charge in [-0.1, -0.05) is 12.1 Å². The molecule has 1 amide bonds. The van der Waals surface area contributed by atoms with E-state index in [9.17, 15) is 26.4 Å². The second-order valence-corrected chi connectivity index (χ2v) is 8.48. The van der Waals surface area contributed by atoms with Gasteiger partial charge in [-0.2, -0.15) is 13.2 Å². The quantitative estimate of drug-likeness (QED) is 0.567. The number of benzene rings is 2. The monoisotopic (exact) mass is 460 g/mol. The molecule has 2 N–H and O–H groups in total. The summed E-state index contributed by atoms with van der Waals surface area (Å²) in [6.07, 6.45) is -4.40. The molecule has 31 heavy (non-hydrogen) atoms. The maximum Gasteiger partial charge on any atom is 0.411 e. The molecular formula is C20H23F3N2O5S. The van der Waals surface area contributed by atoms with Crippen molar-refractivity contribution in [3.63, 3.8) is 0 Å². The van der Waals surface area contributed by atoms with E-state index in [1.54, 1.807) is 6.92 Å². The smallest absolute Gasteiger partial charge is 0.383 e. The minimum atomic E-state index is -4.40. The SMILES string of the molecule is COCC(C)NS(=O)(=O)c1ccc(NC(=O)c2ccc(COCC(F)(F)F)cc2)cc1. The predicted molar refractivity (Wildman–Crippen MR) is 108 cm³/mol. The number of rotatable bonds is 10. The van der Waals surface area contributed by atoms with Gasteiger partial charge in [0, 0.05) is 24.4 Å². The van der Waals surface area contributed by atoms with E-state index in [0.29, 0.717) is 11.3 Å². The zero-order chi connectivity index (χ0) is 23.1. The fourth-order valence-corrected chi connectivity index (χ4v) is 3.80. The second kappa shape index (κ2) is 10.7. The van der Waals surface area contributed by atoms with Crippen LogP contribution in [0.3, 0.4) is 0 Å². The average Bonchev–Trinajstić information content (AvgIpc) is 2.67. The fourth-order valence-electron chi connectivity index (χ4n) is 2.57. The molecule has 0 aliphatic heterocycles. The topological polar surface area (TPSA) is 93.7 Å². The fraction of sp³-hybridized carbons (Fsp3) is 0.350. The number of halogens is 3. The maximum absolute atomic E-state index is 12.3. The third kappa shape index (κ3) is 8.29. The van der Waals surface area contributed by atoms with E-state index in [1.165, 1.54) is 55.6 Å². The highest BCUT2D eigenvalue weighted by molar-refractivity contribution is 7.89. The summed E-state index contributed by atoms with van der Waals surface area (Å²) in [5.74, 6) is -0.454. The number of methoxy groups -OCH3 is 1. The number of hydrogen-bond donors (Lipinski definition) is 2. The Labute approximate surface area is 178 Å². The van der Waals surface area contributed by atoms with Crippen LogP contribution >= 0.6 is 0 Å². The van der Waals surface area contributed by atoms with Crippen molar-refractivity contribution in [2.24, 2.45) is 0 Å². The van der Waals surface area contributed by atoms with Crippen molar-refractivity contribution >= 4 is 21.6 Å². The Morgan fingerprint density at radius 2 is 1.68 bits per heavy atom. The highest BCUT2D eigenvalue weighted by Crippen LogP contribution is 2.17. The molecule has 0 aromatic heterocycles. The number of ether oxygens (including phenoxy) is 2. The van der Waals surface area contributed by atoms with Gasteiger partial charge in [0.25, 0.3) is 5.91 Å². The summed E-state index contributed by atoms with van der Waals surface area (Å²) in [6.45, 7) is 0.320. The minimum Gasteiger partial charge on any atom is -0.383 e. The van der Waals surface area contributed by atoms with Crippen LogP contribution in [-0.2, 0) is 26.1 Å². The van der Waals surface area contributed by atoms with Crippen molar-refractivity contribution in [1.82, 2.24) is 4.72 Å². The van der Waals surface area contributed by atoms with Crippen LogP contribution in [0.2, 0.25) is 0 Å². The number of alkyl halides is 3. The molecule has 0 spiro atoms. The summed E-state index contributed by atoms with van der Waals surface area (Å²) in [5.41, 5.74) is 1.16. The van der Waals surface area contributed by atoms with Crippen molar-refractivity contribution in [2.45, 2.75) is 30.6 Å². The largest absolute Gasteiger partial charge is 0.411 e. The molecule has 1 atom stereocenters. The first-order valence-corrected chi connectivity index (χ1v) is 10.6. The zero-order valence-corrected chi connectivity index (χ0v) is 17.7. The molecule has 0 fully saturated rings. The van der Waals surface area contributed by atoms with E-state index in [0.717, 1.165) is 0 Å². The number of carbonyl (C=O) groups is 1. The van der Waals surface area contributed by atoms with Gasteiger partial charge in [0.05, 0.1) is 18.1 Å². The number of carbonyl (C=O) groups excluding carboxylic acids is 1. The lowest BCUT2D eigenvalue weighted by Gasteiger charge is -2.13. The first kappa shape index (κ1) is 24.8. The van der Waals surface area contributed by atoms with Gasteiger partial charge in [0.15, 0.2) is 0 Å². The van der Waals surface area contributed by atoms with Crippen LogP contribution in [0.15, 0.2) is 53.4 Å². The van der Waals surface area contributed by atoms with Crippen LogP contribution < -0.4 is 10.0 Å². The molecule has 0 aliphatic carbocycles. The van der Waals surface area contributed by atoms with Crippen molar-refractivity contribution in [2.75, 3.05) is 25.6 Å². The lowest BCUT2D eigenvalue weighted by Crippen LogP contribution is -2.35. The van der Waals surface area contributed by atoms with E-state index in [2.05, 4.69) is 14.8 Å². The molecule has 2 rings (SSSR count). The first-order valence-electron chi connectivity index (χ1n) is 9.16. The van der Waals surface area contributed by atoms with Crippen LogP contribution in [-0.4, -0.2) is 46.9 Å². The summed E-state index contributed by atoms with van der Waals surface area (Å²) < 4.78 is 72.8. The molecule has 170 valence electrons. The van der Waals surface area contributed by atoms with Gasteiger partial charge in [-0.3, -0.25) is 4.79 Å². The summed E-state index contributed by atoms with van der Waals surface area (Å²) in [5, 5.41) is 2.63. The van der Waals surface area contributed by atoms with Crippen molar-refractivity contribution < 1.29 is 35.9 Å². The molecule has 0 radical (unpaired) electrons. The van der Waals surface area contributed by atoms with Crippen LogP contribution in [0.25, 0.3) is 0 Å². The third-order valence-corrected chi connectivity index (χ3v) is 5.55. The standard InChI is InChI=1S/C20H23F3N2O5S/c1-14(11-29-2)25-31(27,28)18-9-7-17(8-10-18)24-19(26)16-5-3-15(4-6-16)12-30-13-20(21,22)23/h3-10,14,25H,11-13H2,1-2H3,(H,24,26). The third-order valence-electron chi connectivity index (χ3n) is 3.95. The summed E-state index contributed by atoms with van der Waals surface area (Å²) in [7, 11) is -2.26. The summed E-state index contributed by atoms with van der Waals surface area (Å²) in [6, 6.07) is 11.1. The normalized spacial score (nSPS) is 13.1. The van der Waals surface area contributed by atoms with Crippen molar-refractivity contribution in [1.29, 1.82) is 0 Å². The van der Waals surface area contributed by atoms with Gasteiger partial charge in [-0.15, -0.1) is 0 Å². The molecule has 0 aliphatic rings. The number of anilines is 1. The first-order chi connectivity index (χ1) is 14.5. The Kier molecular flexibility index (Phi) is 8.57.